The van der Waals surface area contributed by atoms with Crippen LogP contribution in [-0.2, 0) is 17.7 Å². The van der Waals surface area contributed by atoms with Gasteiger partial charge in [0.15, 0.2) is 0 Å². The molecule has 1 N–H and O–H groups in total. The molecule has 0 amide bonds. The summed E-state index contributed by atoms with van der Waals surface area (Å²) < 4.78 is 7.49. The Morgan fingerprint density at radius 3 is 2.68 bits per heavy atom. The van der Waals surface area contributed by atoms with Crippen LogP contribution in [0.2, 0.25) is 24.2 Å². The van der Waals surface area contributed by atoms with Crippen LogP contribution < -0.4 is 0 Å². The first kappa shape index (κ1) is 20.3. The van der Waals surface area contributed by atoms with E-state index in [9.17, 15) is 0 Å². The fourth-order valence-corrected chi connectivity index (χ4v) is 8.23. The van der Waals surface area contributed by atoms with Crippen molar-refractivity contribution >= 4 is 8.07 Å². The van der Waals surface area contributed by atoms with Crippen LogP contribution in [0.25, 0.3) is 0 Å². The van der Waals surface area contributed by atoms with Gasteiger partial charge in [0.2, 0.25) is 0 Å². The topological polar surface area (TPSA) is 60.2 Å². The number of rotatable bonds is 9. The molecule has 2 rings (SSSR count). The Morgan fingerprint density at radius 1 is 1.36 bits per heavy atom. The standard InChI is InChI=1S/C19H35N3O2Si/c1-5-6-18(11-13-22-15-16(12-14-23)20-21-22)25(3,4)19-9-7-17(24-2)8-10-19/h5-6,15,17-19,23H,7-14H2,1-4H3/b6-5+/t17?,18-,19?/m1/s1. The molecule has 1 aromatic rings. The molecule has 1 aromatic heterocycles. The Balaban J connectivity index is 1.97. The first-order valence-corrected chi connectivity index (χ1v) is 12.8. The number of aliphatic hydroxyl groups excluding tert-OH is 1. The fourth-order valence-electron chi connectivity index (χ4n) is 4.24. The Bertz CT molecular complexity index is 537. The van der Waals surface area contributed by atoms with Gasteiger partial charge in [-0.1, -0.05) is 43.3 Å². The van der Waals surface area contributed by atoms with Gasteiger partial charge in [0, 0.05) is 32.9 Å². The molecule has 1 aliphatic rings. The van der Waals surface area contributed by atoms with Crippen LogP contribution in [-0.4, -0.2) is 48.0 Å². The molecule has 142 valence electrons. The van der Waals surface area contributed by atoms with Crippen molar-refractivity contribution in [3.05, 3.63) is 24.0 Å². The van der Waals surface area contributed by atoms with Crippen molar-refractivity contribution in [2.75, 3.05) is 13.7 Å². The van der Waals surface area contributed by atoms with Gasteiger partial charge in [-0.05, 0) is 37.3 Å². The number of hydrogen-bond acceptors (Lipinski definition) is 4. The number of nitrogens with zero attached hydrogens (tertiary/aromatic N) is 3. The van der Waals surface area contributed by atoms with Gasteiger partial charge < -0.3 is 9.84 Å². The largest absolute Gasteiger partial charge is 0.396 e. The monoisotopic (exact) mass is 365 g/mol. The molecular formula is C19H35N3O2Si. The van der Waals surface area contributed by atoms with Crippen LogP contribution >= 0.6 is 0 Å². The van der Waals surface area contributed by atoms with Crippen molar-refractivity contribution in [3.63, 3.8) is 0 Å². The predicted octanol–water partition coefficient (Wildman–Crippen LogP) is 3.82. The smallest absolute Gasteiger partial charge is 0.0849 e. The maximum Gasteiger partial charge on any atom is 0.0849 e. The van der Waals surface area contributed by atoms with E-state index in [4.69, 9.17) is 9.84 Å². The zero-order valence-corrected chi connectivity index (χ0v) is 17.3. The van der Waals surface area contributed by atoms with Crippen molar-refractivity contribution in [1.82, 2.24) is 15.0 Å². The Kier molecular flexibility index (Phi) is 7.84. The maximum absolute atomic E-state index is 9.01. The van der Waals surface area contributed by atoms with Gasteiger partial charge in [0.05, 0.1) is 19.9 Å². The van der Waals surface area contributed by atoms with Gasteiger partial charge in [-0.2, -0.15) is 0 Å². The van der Waals surface area contributed by atoms with Gasteiger partial charge in [0.25, 0.3) is 0 Å². The minimum Gasteiger partial charge on any atom is -0.396 e. The van der Waals surface area contributed by atoms with Crippen LogP contribution in [0.1, 0.15) is 44.7 Å². The zero-order chi connectivity index (χ0) is 18.3. The number of ether oxygens (including phenoxy) is 1. The van der Waals surface area contributed by atoms with Gasteiger partial charge in [-0.3, -0.25) is 4.68 Å². The van der Waals surface area contributed by atoms with E-state index < -0.39 is 8.07 Å². The summed E-state index contributed by atoms with van der Waals surface area (Å²) in [6.45, 7) is 8.29. The Hall–Kier alpha value is -0.983. The molecule has 0 saturated heterocycles. The molecule has 0 radical (unpaired) electrons. The summed E-state index contributed by atoms with van der Waals surface area (Å²) in [4.78, 5) is 0. The minimum absolute atomic E-state index is 0.129. The molecule has 1 fully saturated rings. The summed E-state index contributed by atoms with van der Waals surface area (Å²) in [7, 11) is 0.445. The van der Waals surface area contributed by atoms with Crippen molar-refractivity contribution < 1.29 is 9.84 Å². The third kappa shape index (κ3) is 5.49. The summed E-state index contributed by atoms with van der Waals surface area (Å²) in [6, 6.07) is 0. The molecular weight excluding hydrogens is 330 g/mol. The van der Waals surface area contributed by atoms with Crippen molar-refractivity contribution in [3.8, 4) is 0 Å². The van der Waals surface area contributed by atoms with E-state index >= 15 is 0 Å². The molecule has 0 spiro atoms. The highest BCUT2D eigenvalue weighted by Crippen LogP contribution is 2.45. The number of methoxy groups -OCH3 is 1. The third-order valence-corrected chi connectivity index (χ3v) is 11.1. The zero-order valence-electron chi connectivity index (χ0n) is 16.3. The normalized spacial score (nSPS) is 23.2. The number of allylic oxidation sites excluding steroid dienone is 2. The lowest BCUT2D eigenvalue weighted by Gasteiger charge is -2.42. The molecule has 0 bridgehead atoms. The molecule has 0 unspecified atom stereocenters. The summed E-state index contributed by atoms with van der Waals surface area (Å²) >= 11 is 0. The quantitative estimate of drug-likeness (QED) is 0.534. The van der Waals surface area contributed by atoms with Gasteiger partial charge in [0.1, 0.15) is 0 Å². The van der Waals surface area contributed by atoms with E-state index in [-0.39, 0.29) is 6.61 Å². The van der Waals surface area contributed by atoms with Gasteiger partial charge >= 0.3 is 0 Å². The Labute approximate surface area is 153 Å². The predicted molar refractivity (Wildman–Crippen MR) is 104 cm³/mol. The average Bonchev–Trinajstić information content (AvgIpc) is 3.06. The van der Waals surface area contributed by atoms with E-state index in [1.54, 1.807) is 0 Å². The van der Waals surface area contributed by atoms with Gasteiger partial charge in [-0.15, -0.1) is 5.10 Å². The van der Waals surface area contributed by atoms with Gasteiger partial charge in [-0.25, -0.2) is 0 Å². The van der Waals surface area contributed by atoms with E-state index in [0.717, 1.165) is 24.2 Å². The van der Waals surface area contributed by atoms with E-state index in [1.165, 1.54) is 25.7 Å². The van der Waals surface area contributed by atoms with Crippen LogP contribution in [0.15, 0.2) is 18.3 Å². The lowest BCUT2D eigenvalue weighted by atomic mass is 9.97. The van der Waals surface area contributed by atoms with E-state index in [2.05, 4.69) is 42.5 Å². The second-order valence-corrected chi connectivity index (χ2v) is 13.1. The highest BCUT2D eigenvalue weighted by Gasteiger charge is 2.39. The number of hydrogen-bond donors (Lipinski definition) is 1. The molecule has 1 saturated carbocycles. The molecule has 25 heavy (non-hydrogen) atoms. The summed E-state index contributed by atoms with van der Waals surface area (Å²) in [5, 5.41) is 17.4. The second-order valence-electron chi connectivity index (χ2n) is 7.90. The summed E-state index contributed by atoms with van der Waals surface area (Å²) in [5.41, 5.74) is 2.41. The number of aryl methyl sites for hydroxylation is 1. The molecule has 0 aliphatic heterocycles. The summed E-state index contributed by atoms with van der Waals surface area (Å²) in [6.07, 6.45) is 13.9. The lowest BCUT2D eigenvalue weighted by Crippen LogP contribution is -2.40. The van der Waals surface area contributed by atoms with E-state index in [1.807, 2.05) is 18.0 Å². The Morgan fingerprint density at radius 2 is 2.08 bits per heavy atom. The van der Waals surface area contributed by atoms with Crippen LogP contribution in [0, 0.1) is 0 Å². The highest BCUT2D eigenvalue weighted by atomic mass is 28.3. The molecule has 1 aliphatic carbocycles. The summed E-state index contributed by atoms with van der Waals surface area (Å²) in [5.74, 6) is 0. The van der Waals surface area contributed by atoms with Crippen molar-refractivity contribution in [2.24, 2.45) is 0 Å². The van der Waals surface area contributed by atoms with Crippen molar-refractivity contribution in [2.45, 2.75) is 82.3 Å². The number of aliphatic hydroxyl groups is 1. The highest BCUT2D eigenvalue weighted by molar-refractivity contribution is 6.80. The minimum atomic E-state index is -1.40. The second kappa shape index (κ2) is 9.64. The average molecular weight is 366 g/mol. The van der Waals surface area contributed by atoms with Crippen LogP contribution in [0.4, 0.5) is 0 Å². The van der Waals surface area contributed by atoms with Crippen LogP contribution in [0.3, 0.4) is 0 Å². The molecule has 6 heteroatoms. The third-order valence-electron chi connectivity index (χ3n) is 6.06. The molecule has 1 heterocycles. The lowest BCUT2D eigenvalue weighted by molar-refractivity contribution is 0.0703. The number of aromatic nitrogens is 3. The first-order valence-electron chi connectivity index (χ1n) is 9.66. The van der Waals surface area contributed by atoms with Crippen molar-refractivity contribution in [1.29, 1.82) is 0 Å². The fraction of sp³-hybridized carbons (Fsp3) is 0.789. The molecule has 1 atom stereocenters. The van der Waals surface area contributed by atoms with Crippen LogP contribution in [0.5, 0.6) is 0 Å². The maximum atomic E-state index is 9.01. The molecule has 5 nitrogen and oxygen atoms in total. The SMILES string of the molecule is C/C=C/[C@H](CCn1cc(CCO)nn1)[Si](C)(C)C1CCC(OC)CC1. The van der Waals surface area contributed by atoms with E-state index in [0.29, 0.717) is 18.1 Å². The molecule has 0 aromatic carbocycles. The first-order chi connectivity index (χ1) is 12.0.